The molecule has 0 heterocycles. The minimum absolute atomic E-state index is 0.374. The summed E-state index contributed by atoms with van der Waals surface area (Å²) in [5, 5.41) is 12.2. The van der Waals surface area contributed by atoms with Crippen LogP contribution < -0.4 is 10.3 Å². The average Bonchev–Trinajstić information content (AvgIpc) is 2.06. The van der Waals surface area contributed by atoms with Gasteiger partial charge in [-0.05, 0) is 13.5 Å². The van der Waals surface area contributed by atoms with Gasteiger partial charge in [-0.2, -0.15) is 0 Å². The first-order valence-corrected chi connectivity index (χ1v) is 4.20. The number of nitrogens with one attached hydrogen (secondary N) is 2. The van der Waals surface area contributed by atoms with Crippen LogP contribution in [0.25, 0.3) is 0 Å². The molecule has 0 aliphatic heterocycles. The maximum absolute atomic E-state index is 9.08. The standard InChI is InChI=1S/C8H18N2O/c1-4-7(9-3)6-10-8(11)5-2/h7,9H,4-6H2,1-3H3,(H,10,11)/p+1. The molecule has 0 saturated carbocycles. The summed E-state index contributed by atoms with van der Waals surface area (Å²) in [5.41, 5.74) is 0. The third-order valence-electron chi connectivity index (χ3n) is 1.79. The molecule has 3 nitrogen and oxygen atoms in total. The monoisotopic (exact) mass is 159 g/mol. The molecule has 0 aromatic rings. The van der Waals surface area contributed by atoms with Gasteiger partial charge in [0.15, 0.2) is 6.54 Å². The molecular formula is C8H19N2O+. The summed E-state index contributed by atoms with van der Waals surface area (Å²) in [6.45, 7) is 4.83. The van der Waals surface area contributed by atoms with Gasteiger partial charge >= 0.3 is 5.90 Å². The molecule has 0 bridgehead atoms. The molecule has 1 atom stereocenters. The first kappa shape index (κ1) is 10.4. The van der Waals surface area contributed by atoms with Gasteiger partial charge in [-0.3, -0.25) is 0 Å². The predicted molar refractivity (Wildman–Crippen MR) is 46.9 cm³/mol. The molecule has 0 spiro atoms. The first-order valence-electron chi connectivity index (χ1n) is 4.20. The van der Waals surface area contributed by atoms with E-state index in [9.17, 15) is 0 Å². The second-order valence-corrected chi connectivity index (χ2v) is 2.57. The van der Waals surface area contributed by atoms with Crippen LogP contribution in [-0.2, 0) is 0 Å². The highest BCUT2D eigenvalue weighted by Crippen LogP contribution is 1.82. The lowest BCUT2D eigenvalue weighted by molar-refractivity contribution is -0.471. The molecule has 0 rings (SSSR count). The third-order valence-corrected chi connectivity index (χ3v) is 1.79. The number of hydrogen-bond acceptors (Lipinski definition) is 1. The lowest BCUT2D eigenvalue weighted by Crippen LogP contribution is -2.76. The highest BCUT2D eigenvalue weighted by atomic mass is 16.3. The summed E-state index contributed by atoms with van der Waals surface area (Å²) < 4.78 is 0. The molecule has 0 radical (unpaired) electrons. The molecule has 0 amide bonds. The highest BCUT2D eigenvalue weighted by molar-refractivity contribution is 5.66. The van der Waals surface area contributed by atoms with Gasteiger partial charge in [0.2, 0.25) is 0 Å². The van der Waals surface area contributed by atoms with Crippen LogP contribution in [0.4, 0.5) is 0 Å². The molecule has 0 aromatic heterocycles. The molecule has 0 aliphatic rings. The summed E-state index contributed by atoms with van der Waals surface area (Å²) in [5.74, 6) is 0.374. The van der Waals surface area contributed by atoms with E-state index in [0.29, 0.717) is 18.4 Å². The molecule has 3 heteroatoms. The summed E-state index contributed by atoms with van der Waals surface area (Å²) in [4.78, 5) is 2.94. The van der Waals surface area contributed by atoms with Crippen LogP contribution >= 0.6 is 0 Å². The Morgan fingerprint density at radius 2 is 2.18 bits per heavy atom. The van der Waals surface area contributed by atoms with E-state index >= 15 is 0 Å². The minimum Gasteiger partial charge on any atom is -0.464 e. The van der Waals surface area contributed by atoms with Crippen molar-refractivity contribution in [2.75, 3.05) is 13.6 Å². The number of likely N-dealkylation sites (N-methyl/N-ethyl adjacent to an activating group) is 1. The van der Waals surface area contributed by atoms with Crippen molar-refractivity contribution in [2.45, 2.75) is 32.7 Å². The lowest BCUT2D eigenvalue weighted by atomic mass is 10.2. The molecular weight excluding hydrogens is 140 g/mol. The SMILES string of the molecule is CCC(O)=[NH+]CC(CC)NC. The Hall–Kier alpha value is -0.570. The van der Waals surface area contributed by atoms with Crippen molar-refractivity contribution in [3.8, 4) is 0 Å². The Morgan fingerprint density at radius 3 is 2.55 bits per heavy atom. The normalized spacial score (nSPS) is 15.0. The molecule has 66 valence electrons. The zero-order chi connectivity index (χ0) is 8.69. The second kappa shape index (κ2) is 6.16. The minimum atomic E-state index is 0.374. The fraction of sp³-hybridized carbons (Fsp3) is 0.875. The summed E-state index contributed by atoms with van der Waals surface area (Å²) in [6, 6.07) is 0.448. The van der Waals surface area contributed by atoms with Gasteiger partial charge in [0.05, 0.1) is 12.5 Å². The van der Waals surface area contributed by atoms with E-state index in [2.05, 4.69) is 17.2 Å². The topological polar surface area (TPSA) is 46.2 Å². The fourth-order valence-corrected chi connectivity index (χ4v) is 0.817. The van der Waals surface area contributed by atoms with Gasteiger partial charge in [0.25, 0.3) is 0 Å². The van der Waals surface area contributed by atoms with Crippen molar-refractivity contribution in [1.29, 1.82) is 0 Å². The van der Waals surface area contributed by atoms with Gasteiger partial charge in [-0.1, -0.05) is 13.8 Å². The number of rotatable bonds is 5. The zero-order valence-corrected chi connectivity index (χ0v) is 7.65. The molecule has 3 N–H and O–H groups in total. The smallest absolute Gasteiger partial charge is 0.331 e. The first-order chi connectivity index (χ1) is 5.24. The van der Waals surface area contributed by atoms with E-state index in [1.807, 2.05) is 14.0 Å². The van der Waals surface area contributed by atoms with E-state index in [-0.39, 0.29) is 0 Å². The van der Waals surface area contributed by atoms with E-state index in [1.165, 1.54) is 0 Å². The van der Waals surface area contributed by atoms with Crippen LogP contribution in [0.15, 0.2) is 0 Å². The Morgan fingerprint density at radius 1 is 1.55 bits per heavy atom. The Kier molecular flexibility index (Phi) is 5.84. The Balaban J connectivity index is 3.65. The van der Waals surface area contributed by atoms with Crippen molar-refractivity contribution in [2.24, 2.45) is 0 Å². The van der Waals surface area contributed by atoms with E-state index < -0.39 is 0 Å². The van der Waals surface area contributed by atoms with Crippen LogP contribution in [0.3, 0.4) is 0 Å². The quantitative estimate of drug-likeness (QED) is 0.372. The maximum atomic E-state index is 9.08. The molecule has 0 saturated heterocycles. The average molecular weight is 159 g/mol. The fourth-order valence-electron chi connectivity index (χ4n) is 0.817. The van der Waals surface area contributed by atoms with Crippen molar-refractivity contribution < 1.29 is 10.1 Å². The Labute approximate surface area is 68.5 Å². The van der Waals surface area contributed by atoms with Crippen LogP contribution in [0.1, 0.15) is 26.7 Å². The molecule has 0 fully saturated rings. The van der Waals surface area contributed by atoms with Crippen molar-refractivity contribution in [3.63, 3.8) is 0 Å². The van der Waals surface area contributed by atoms with Gasteiger partial charge in [-0.15, -0.1) is 0 Å². The molecule has 0 aromatic carbocycles. The number of aliphatic hydroxyl groups is 1. The van der Waals surface area contributed by atoms with Crippen LogP contribution in [-0.4, -0.2) is 30.6 Å². The highest BCUT2D eigenvalue weighted by Gasteiger charge is 2.05. The van der Waals surface area contributed by atoms with Crippen LogP contribution in [0.5, 0.6) is 0 Å². The molecule has 1 unspecified atom stereocenters. The van der Waals surface area contributed by atoms with Gasteiger partial charge in [-0.25, -0.2) is 4.99 Å². The summed E-state index contributed by atoms with van der Waals surface area (Å²) >= 11 is 0. The van der Waals surface area contributed by atoms with E-state index in [0.717, 1.165) is 13.0 Å². The van der Waals surface area contributed by atoms with Gasteiger partial charge in [0, 0.05) is 0 Å². The maximum Gasteiger partial charge on any atom is 0.331 e. The summed E-state index contributed by atoms with van der Waals surface area (Å²) in [7, 11) is 1.93. The predicted octanol–water partition coefficient (Wildman–Crippen LogP) is -0.568. The largest absolute Gasteiger partial charge is 0.464 e. The summed E-state index contributed by atoms with van der Waals surface area (Å²) in [6.07, 6.45) is 1.75. The van der Waals surface area contributed by atoms with E-state index in [4.69, 9.17) is 5.11 Å². The van der Waals surface area contributed by atoms with E-state index in [1.54, 1.807) is 0 Å². The second-order valence-electron chi connectivity index (χ2n) is 2.57. The molecule has 11 heavy (non-hydrogen) atoms. The van der Waals surface area contributed by atoms with Crippen molar-refractivity contribution in [3.05, 3.63) is 0 Å². The van der Waals surface area contributed by atoms with Gasteiger partial charge < -0.3 is 10.4 Å². The van der Waals surface area contributed by atoms with Crippen molar-refractivity contribution >= 4 is 5.90 Å². The Bertz CT molecular complexity index is 119. The number of hydrogen-bond donors (Lipinski definition) is 3. The van der Waals surface area contributed by atoms with Crippen molar-refractivity contribution in [1.82, 2.24) is 5.32 Å². The third kappa shape index (κ3) is 4.79. The van der Waals surface area contributed by atoms with Crippen LogP contribution in [0.2, 0.25) is 0 Å². The molecule has 0 aliphatic carbocycles. The van der Waals surface area contributed by atoms with Gasteiger partial charge in [0.1, 0.15) is 0 Å². The zero-order valence-electron chi connectivity index (χ0n) is 7.65. The number of aliphatic hydroxyl groups excluding tert-OH is 1. The van der Waals surface area contributed by atoms with Crippen LogP contribution in [0, 0.1) is 0 Å². The lowest BCUT2D eigenvalue weighted by Gasteiger charge is -2.05.